The van der Waals surface area contributed by atoms with Gasteiger partial charge in [0, 0.05) is 6.61 Å². The summed E-state index contributed by atoms with van der Waals surface area (Å²) in [7, 11) is 0. The molecule has 0 aromatic heterocycles. The van der Waals surface area contributed by atoms with Crippen molar-refractivity contribution in [3.8, 4) is 0 Å². The van der Waals surface area contributed by atoms with Gasteiger partial charge in [-0.25, -0.2) is 0 Å². The lowest BCUT2D eigenvalue weighted by atomic mass is 9.70. The third kappa shape index (κ3) is 5.77. The van der Waals surface area contributed by atoms with Crippen molar-refractivity contribution in [1.82, 2.24) is 0 Å². The highest BCUT2D eigenvalue weighted by atomic mass is 16.5. The van der Waals surface area contributed by atoms with E-state index in [1.165, 1.54) is 70.6 Å². The molecule has 0 bridgehead atoms. The van der Waals surface area contributed by atoms with Gasteiger partial charge >= 0.3 is 0 Å². The molecule has 0 radical (unpaired) electrons. The number of hydrogen-bond donors (Lipinski definition) is 0. The lowest BCUT2D eigenvalue weighted by molar-refractivity contribution is 0.00606. The second-order valence-corrected chi connectivity index (χ2v) is 7.32. The van der Waals surface area contributed by atoms with E-state index in [0.717, 1.165) is 24.4 Å². The highest BCUT2D eigenvalue weighted by Crippen LogP contribution is 2.40. The molecule has 0 spiro atoms. The van der Waals surface area contributed by atoms with Crippen LogP contribution in [-0.2, 0) is 4.74 Å². The first kappa shape index (κ1) is 17.1. The van der Waals surface area contributed by atoms with E-state index in [-0.39, 0.29) is 0 Å². The smallest absolute Gasteiger partial charge is 0.0575 e. The molecule has 0 atom stereocenters. The Hall–Kier alpha value is -0.300. The van der Waals surface area contributed by atoms with Crippen LogP contribution in [-0.4, -0.2) is 12.7 Å². The largest absolute Gasteiger partial charge is 0.378 e. The third-order valence-electron chi connectivity index (χ3n) is 5.77. The van der Waals surface area contributed by atoms with E-state index in [1.54, 1.807) is 0 Å². The third-order valence-corrected chi connectivity index (χ3v) is 5.77. The Balaban J connectivity index is 1.61. The van der Waals surface area contributed by atoms with Gasteiger partial charge in [-0.2, -0.15) is 0 Å². The fourth-order valence-corrected chi connectivity index (χ4v) is 4.41. The first-order valence-corrected chi connectivity index (χ1v) is 9.57. The summed E-state index contributed by atoms with van der Waals surface area (Å²) in [4.78, 5) is 0. The molecule has 2 saturated carbocycles. The summed E-state index contributed by atoms with van der Waals surface area (Å²) < 4.78 is 6.06. The van der Waals surface area contributed by atoms with Gasteiger partial charge in [0.05, 0.1) is 6.10 Å². The molecular formula is C20H36O. The van der Waals surface area contributed by atoms with E-state index in [0.29, 0.717) is 6.10 Å². The topological polar surface area (TPSA) is 9.23 Å². The van der Waals surface area contributed by atoms with Gasteiger partial charge in [0.2, 0.25) is 0 Å². The molecule has 122 valence electrons. The Morgan fingerprint density at radius 2 is 1.48 bits per heavy atom. The fourth-order valence-electron chi connectivity index (χ4n) is 4.41. The SMILES string of the molecule is C/C=C/[C@H]1CC[C@H]([C@H]2CC[C@H](OCCCCC)CC2)CC1. The highest BCUT2D eigenvalue weighted by Gasteiger charge is 2.30. The van der Waals surface area contributed by atoms with Crippen molar-refractivity contribution in [3.63, 3.8) is 0 Å². The zero-order valence-electron chi connectivity index (χ0n) is 14.4. The zero-order valence-corrected chi connectivity index (χ0v) is 14.4. The number of rotatable bonds is 7. The normalized spacial score (nSPS) is 34.4. The van der Waals surface area contributed by atoms with Gasteiger partial charge in [0.1, 0.15) is 0 Å². The highest BCUT2D eigenvalue weighted by molar-refractivity contribution is 4.90. The maximum absolute atomic E-state index is 6.06. The molecule has 2 aliphatic rings. The summed E-state index contributed by atoms with van der Waals surface area (Å²) in [6, 6.07) is 0. The maximum atomic E-state index is 6.06. The maximum Gasteiger partial charge on any atom is 0.0575 e. The van der Waals surface area contributed by atoms with Gasteiger partial charge < -0.3 is 4.74 Å². The molecule has 0 aliphatic heterocycles. The second kappa shape index (κ2) is 9.66. The lowest BCUT2D eigenvalue weighted by Gasteiger charge is -2.37. The van der Waals surface area contributed by atoms with Crippen LogP contribution in [0.4, 0.5) is 0 Å². The number of allylic oxidation sites excluding steroid dienone is 2. The van der Waals surface area contributed by atoms with Crippen molar-refractivity contribution in [1.29, 1.82) is 0 Å². The van der Waals surface area contributed by atoms with E-state index < -0.39 is 0 Å². The van der Waals surface area contributed by atoms with E-state index in [2.05, 4.69) is 26.0 Å². The predicted octanol–water partition coefficient (Wildman–Crippen LogP) is 6.13. The molecular weight excluding hydrogens is 256 g/mol. The van der Waals surface area contributed by atoms with Crippen molar-refractivity contribution in [3.05, 3.63) is 12.2 Å². The molecule has 2 fully saturated rings. The zero-order chi connectivity index (χ0) is 14.9. The average molecular weight is 293 g/mol. The van der Waals surface area contributed by atoms with Crippen LogP contribution in [0.2, 0.25) is 0 Å². The average Bonchev–Trinajstić information content (AvgIpc) is 2.53. The number of unbranched alkanes of at least 4 members (excludes halogenated alkanes) is 2. The van der Waals surface area contributed by atoms with E-state index in [4.69, 9.17) is 4.74 Å². The Labute approximate surface area is 132 Å². The standard InChI is InChI=1S/C20H36O/c1-3-5-6-16-21-20-14-12-19(13-15-20)18-10-8-17(7-4-2)9-11-18/h4,7,17-20H,3,5-6,8-16H2,1-2H3/b7-4+/t17-,18-,19-,20-. The van der Waals surface area contributed by atoms with Crippen LogP contribution < -0.4 is 0 Å². The van der Waals surface area contributed by atoms with Crippen LogP contribution in [0.3, 0.4) is 0 Å². The second-order valence-electron chi connectivity index (χ2n) is 7.32. The first-order chi connectivity index (χ1) is 10.3. The van der Waals surface area contributed by atoms with Crippen molar-refractivity contribution in [2.75, 3.05) is 6.61 Å². The Kier molecular flexibility index (Phi) is 7.85. The minimum Gasteiger partial charge on any atom is -0.378 e. The van der Waals surface area contributed by atoms with Crippen molar-refractivity contribution in [2.45, 2.75) is 90.6 Å². The molecule has 21 heavy (non-hydrogen) atoms. The molecule has 0 heterocycles. The Bertz CT molecular complexity index is 280. The van der Waals surface area contributed by atoms with Gasteiger partial charge in [0.15, 0.2) is 0 Å². The molecule has 1 heteroatoms. The predicted molar refractivity (Wildman–Crippen MR) is 91.5 cm³/mol. The monoisotopic (exact) mass is 292 g/mol. The Morgan fingerprint density at radius 1 is 0.857 bits per heavy atom. The summed E-state index contributed by atoms with van der Waals surface area (Å²) in [5.41, 5.74) is 0. The minimum absolute atomic E-state index is 0.581. The summed E-state index contributed by atoms with van der Waals surface area (Å²) in [5, 5.41) is 0. The molecule has 0 saturated heterocycles. The molecule has 0 unspecified atom stereocenters. The first-order valence-electron chi connectivity index (χ1n) is 9.57. The van der Waals surface area contributed by atoms with Gasteiger partial charge in [-0.3, -0.25) is 0 Å². The summed E-state index contributed by atoms with van der Waals surface area (Å²) >= 11 is 0. The number of ether oxygens (including phenoxy) is 1. The van der Waals surface area contributed by atoms with Gasteiger partial charge in [-0.1, -0.05) is 31.9 Å². The van der Waals surface area contributed by atoms with Crippen LogP contribution >= 0.6 is 0 Å². The molecule has 0 aromatic rings. The summed E-state index contributed by atoms with van der Waals surface area (Å²) in [5.74, 6) is 2.91. The minimum atomic E-state index is 0.581. The van der Waals surface area contributed by atoms with Crippen LogP contribution in [0, 0.1) is 17.8 Å². The van der Waals surface area contributed by atoms with Crippen molar-refractivity contribution in [2.24, 2.45) is 17.8 Å². The van der Waals surface area contributed by atoms with Crippen LogP contribution in [0.25, 0.3) is 0 Å². The van der Waals surface area contributed by atoms with E-state index >= 15 is 0 Å². The number of hydrogen-bond acceptors (Lipinski definition) is 1. The molecule has 0 aromatic carbocycles. The van der Waals surface area contributed by atoms with E-state index in [9.17, 15) is 0 Å². The molecule has 0 amide bonds. The quantitative estimate of drug-likeness (QED) is 0.405. The fraction of sp³-hybridized carbons (Fsp3) is 0.900. The van der Waals surface area contributed by atoms with Crippen molar-refractivity contribution < 1.29 is 4.74 Å². The molecule has 0 N–H and O–H groups in total. The lowest BCUT2D eigenvalue weighted by Crippen LogP contribution is -2.28. The molecule has 2 aliphatic carbocycles. The summed E-state index contributed by atoms with van der Waals surface area (Å²) in [6.45, 7) is 5.42. The van der Waals surface area contributed by atoms with Crippen LogP contribution in [0.1, 0.15) is 84.5 Å². The van der Waals surface area contributed by atoms with Gasteiger partial charge in [-0.05, 0) is 82.5 Å². The van der Waals surface area contributed by atoms with E-state index in [1.807, 2.05) is 0 Å². The van der Waals surface area contributed by atoms with Crippen molar-refractivity contribution >= 4 is 0 Å². The van der Waals surface area contributed by atoms with Crippen LogP contribution in [0.15, 0.2) is 12.2 Å². The summed E-state index contributed by atoms with van der Waals surface area (Å²) in [6.07, 6.45) is 20.4. The van der Waals surface area contributed by atoms with Gasteiger partial charge in [0.25, 0.3) is 0 Å². The molecule has 2 rings (SSSR count). The van der Waals surface area contributed by atoms with Gasteiger partial charge in [-0.15, -0.1) is 0 Å². The van der Waals surface area contributed by atoms with Crippen LogP contribution in [0.5, 0.6) is 0 Å². The Morgan fingerprint density at radius 3 is 2.05 bits per heavy atom. The molecule has 1 nitrogen and oxygen atoms in total.